The van der Waals surface area contributed by atoms with Crippen molar-refractivity contribution in [2.75, 3.05) is 33.4 Å². The maximum Gasteiger partial charge on any atom is 0.243 e. The monoisotopic (exact) mass is 501 g/mol. The van der Waals surface area contributed by atoms with Gasteiger partial charge in [-0.1, -0.05) is 42.5 Å². The molecule has 1 heterocycles. The molecule has 3 rings (SSSR count). The van der Waals surface area contributed by atoms with Crippen molar-refractivity contribution in [1.29, 1.82) is 0 Å². The van der Waals surface area contributed by atoms with Crippen LogP contribution in [0.5, 0.6) is 0 Å². The Morgan fingerprint density at radius 3 is 2.31 bits per heavy atom. The Morgan fingerprint density at radius 1 is 1.03 bits per heavy atom. The molecule has 190 valence electrons. The molecule has 35 heavy (non-hydrogen) atoms. The number of nitrogens with zero attached hydrogens (tertiary/aromatic N) is 2. The Kier molecular flexibility index (Phi) is 9.83. The van der Waals surface area contributed by atoms with Crippen LogP contribution in [0.2, 0.25) is 0 Å². The van der Waals surface area contributed by atoms with Crippen LogP contribution in [0, 0.1) is 0 Å². The molecule has 0 spiro atoms. The number of carbonyl (C=O) groups is 2. The molecule has 8 nitrogen and oxygen atoms in total. The van der Waals surface area contributed by atoms with Gasteiger partial charge in [0.1, 0.15) is 6.04 Å². The fraction of sp³-hybridized carbons (Fsp3) is 0.462. The fourth-order valence-corrected chi connectivity index (χ4v) is 5.60. The van der Waals surface area contributed by atoms with Gasteiger partial charge in [-0.2, -0.15) is 4.31 Å². The Morgan fingerprint density at radius 2 is 1.69 bits per heavy atom. The first-order chi connectivity index (χ1) is 16.8. The smallest absolute Gasteiger partial charge is 0.243 e. The van der Waals surface area contributed by atoms with E-state index in [-0.39, 0.29) is 23.1 Å². The normalized spacial score (nSPS) is 15.0. The summed E-state index contributed by atoms with van der Waals surface area (Å²) in [6.07, 6.45) is 2.44. The van der Waals surface area contributed by atoms with E-state index >= 15 is 0 Å². The van der Waals surface area contributed by atoms with Gasteiger partial charge in [0.2, 0.25) is 21.8 Å². The van der Waals surface area contributed by atoms with Crippen molar-refractivity contribution in [3.05, 3.63) is 65.7 Å². The Bertz CT molecular complexity index is 1070. The molecule has 2 aromatic carbocycles. The molecule has 1 fully saturated rings. The van der Waals surface area contributed by atoms with Crippen LogP contribution in [0.4, 0.5) is 0 Å². The molecule has 0 aromatic heterocycles. The summed E-state index contributed by atoms with van der Waals surface area (Å²) in [7, 11) is -1.90. The zero-order chi connectivity index (χ0) is 25.3. The van der Waals surface area contributed by atoms with Crippen LogP contribution in [-0.4, -0.2) is 68.8 Å². The van der Waals surface area contributed by atoms with Crippen LogP contribution >= 0.6 is 0 Å². The van der Waals surface area contributed by atoms with Gasteiger partial charge in [0.05, 0.1) is 11.5 Å². The summed E-state index contributed by atoms with van der Waals surface area (Å²) in [6.45, 7) is 3.95. The van der Waals surface area contributed by atoms with Crippen LogP contribution in [-0.2, 0) is 37.3 Å². The van der Waals surface area contributed by atoms with E-state index in [9.17, 15) is 18.0 Å². The van der Waals surface area contributed by atoms with Crippen molar-refractivity contribution in [3.8, 4) is 0 Å². The third-order valence-corrected chi connectivity index (χ3v) is 8.14. The number of ether oxygens (including phenoxy) is 1. The van der Waals surface area contributed by atoms with Gasteiger partial charge in [-0.15, -0.1) is 0 Å². The van der Waals surface area contributed by atoms with Crippen LogP contribution in [0.3, 0.4) is 0 Å². The molecule has 2 amide bonds. The van der Waals surface area contributed by atoms with Gasteiger partial charge in [-0.25, -0.2) is 8.42 Å². The average molecular weight is 502 g/mol. The first-order valence-corrected chi connectivity index (χ1v) is 13.5. The maximum atomic E-state index is 13.2. The quantitative estimate of drug-likeness (QED) is 0.451. The van der Waals surface area contributed by atoms with Gasteiger partial charge in [0.15, 0.2) is 0 Å². The summed E-state index contributed by atoms with van der Waals surface area (Å²) in [5.41, 5.74) is 1.81. The highest BCUT2D eigenvalue weighted by atomic mass is 32.2. The third kappa shape index (κ3) is 7.37. The van der Waals surface area contributed by atoms with E-state index in [1.807, 2.05) is 30.3 Å². The number of aryl methyl sites for hydroxylation is 1. The lowest BCUT2D eigenvalue weighted by molar-refractivity contribution is -0.140. The minimum Gasteiger partial charge on any atom is -0.383 e. The number of hydrogen-bond acceptors (Lipinski definition) is 5. The van der Waals surface area contributed by atoms with Gasteiger partial charge >= 0.3 is 0 Å². The molecule has 1 saturated heterocycles. The number of sulfonamides is 1. The summed E-state index contributed by atoms with van der Waals surface area (Å²) in [4.78, 5) is 27.7. The van der Waals surface area contributed by atoms with Crippen molar-refractivity contribution < 1.29 is 22.7 Å². The standard InChI is InChI=1S/C26H35N3O5S/c1-21(26(31)27-16-19-34-2)29(20-23-8-4-3-5-9-23)25(30)15-12-22-10-13-24(14-11-22)35(32,33)28-17-6-7-18-28/h3-5,8-11,13-14,21H,6-7,12,15-20H2,1-2H3,(H,27,31)/t21-/m1/s1. The van der Waals surface area contributed by atoms with Crippen molar-refractivity contribution in [3.63, 3.8) is 0 Å². The van der Waals surface area contributed by atoms with E-state index in [4.69, 9.17) is 4.74 Å². The van der Waals surface area contributed by atoms with Crippen LogP contribution in [0.1, 0.15) is 37.3 Å². The van der Waals surface area contributed by atoms with Crippen molar-refractivity contribution >= 4 is 21.8 Å². The van der Waals surface area contributed by atoms with Gasteiger partial charge in [-0.3, -0.25) is 9.59 Å². The van der Waals surface area contributed by atoms with E-state index in [1.54, 1.807) is 43.2 Å². The Labute approximate surface area is 208 Å². The summed E-state index contributed by atoms with van der Waals surface area (Å²) >= 11 is 0. The highest BCUT2D eigenvalue weighted by Crippen LogP contribution is 2.21. The number of methoxy groups -OCH3 is 1. The molecule has 0 saturated carbocycles. The predicted molar refractivity (Wildman–Crippen MR) is 134 cm³/mol. The molecule has 0 radical (unpaired) electrons. The number of carbonyl (C=O) groups excluding carboxylic acids is 2. The zero-order valence-corrected chi connectivity index (χ0v) is 21.3. The third-order valence-electron chi connectivity index (χ3n) is 6.22. The van der Waals surface area contributed by atoms with Crippen LogP contribution < -0.4 is 5.32 Å². The molecule has 2 aromatic rings. The molecule has 0 unspecified atom stereocenters. The van der Waals surface area contributed by atoms with Gasteiger partial charge < -0.3 is 15.0 Å². The summed E-state index contributed by atoms with van der Waals surface area (Å²) in [6, 6.07) is 15.7. The summed E-state index contributed by atoms with van der Waals surface area (Å²) in [5, 5.41) is 2.80. The minimum atomic E-state index is -3.46. The average Bonchev–Trinajstić information content (AvgIpc) is 3.42. The summed E-state index contributed by atoms with van der Waals surface area (Å²) < 4.78 is 32.0. The zero-order valence-electron chi connectivity index (χ0n) is 20.5. The largest absolute Gasteiger partial charge is 0.383 e. The van der Waals surface area contributed by atoms with E-state index in [0.717, 1.165) is 24.0 Å². The Balaban J connectivity index is 1.65. The highest BCUT2D eigenvalue weighted by Gasteiger charge is 2.28. The van der Waals surface area contributed by atoms with E-state index in [0.29, 0.717) is 39.2 Å². The maximum absolute atomic E-state index is 13.2. The van der Waals surface area contributed by atoms with Crippen LogP contribution in [0.25, 0.3) is 0 Å². The first-order valence-electron chi connectivity index (χ1n) is 12.0. The molecule has 1 atom stereocenters. The van der Waals surface area contributed by atoms with Crippen LogP contribution in [0.15, 0.2) is 59.5 Å². The number of hydrogen-bond donors (Lipinski definition) is 1. The van der Waals surface area contributed by atoms with Crippen molar-refractivity contribution in [1.82, 2.24) is 14.5 Å². The lowest BCUT2D eigenvalue weighted by Gasteiger charge is -2.29. The van der Waals surface area contributed by atoms with E-state index in [1.165, 1.54) is 4.31 Å². The highest BCUT2D eigenvalue weighted by molar-refractivity contribution is 7.89. The second kappa shape index (κ2) is 12.8. The molecule has 0 bridgehead atoms. The molecule has 9 heteroatoms. The lowest BCUT2D eigenvalue weighted by Crippen LogP contribution is -2.48. The molecular weight excluding hydrogens is 466 g/mol. The topological polar surface area (TPSA) is 96.0 Å². The summed E-state index contributed by atoms with van der Waals surface area (Å²) in [5.74, 6) is -0.375. The number of benzene rings is 2. The molecule has 1 aliphatic rings. The van der Waals surface area contributed by atoms with E-state index in [2.05, 4.69) is 5.32 Å². The SMILES string of the molecule is COCCNC(=O)[C@@H](C)N(Cc1ccccc1)C(=O)CCc1ccc(S(=O)(=O)N2CCCC2)cc1. The van der Waals surface area contributed by atoms with Crippen molar-refractivity contribution in [2.45, 2.75) is 50.1 Å². The molecule has 0 aliphatic carbocycles. The number of nitrogens with one attached hydrogen (secondary N) is 1. The molecule has 1 aliphatic heterocycles. The van der Waals surface area contributed by atoms with Gasteiger partial charge in [0, 0.05) is 39.7 Å². The predicted octanol–water partition coefficient (Wildman–Crippen LogP) is 2.58. The number of amides is 2. The number of rotatable bonds is 12. The first kappa shape index (κ1) is 26.8. The van der Waals surface area contributed by atoms with E-state index < -0.39 is 16.1 Å². The molecular formula is C26H35N3O5S. The second-order valence-corrected chi connectivity index (χ2v) is 10.7. The molecule has 1 N–H and O–H groups in total. The van der Waals surface area contributed by atoms with Crippen molar-refractivity contribution in [2.24, 2.45) is 0 Å². The fourth-order valence-electron chi connectivity index (χ4n) is 4.09. The minimum absolute atomic E-state index is 0.142. The Hall–Kier alpha value is -2.75. The second-order valence-electron chi connectivity index (χ2n) is 8.72. The van der Waals surface area contributed by atoms with Gasteiger partial charge in [-0.05, 0) is 49.4 Å². The van der Waals surface area contributed by atoms with Gasteiger partial charge in [0.25, 0.3) is 0 Å². The lowest BCUT2D eigenvalue weighted by atomic mass is 10.1.